The molecule has 8 heteroatoms. The van der Waals surface area contributed by atoms with Crippen molar-refractivity contribution in [3.8, 4) is 0 Å². The molecule has 0 saturated heterocycles. The minimum absolute atomic E-state index is 0.00756. The number of carbonyl (C=O) groups is 2. The number of nitrogens with zero attached hydrogens (tertiary/aromatic N) is 2. The van der Waals surface area contributed by atoms with Crippen LogP contribution in [0.2, 0.25) is 0 Å². The van der Waals surface area contributed by atoms with Crippen molar-refractivity contribution in [3.63, 3.8) is 0 Å². The number of nitrogens with one attached hydrogen (secondary N) is 1. The van der Waals surface area contributed by atoms with Crippen LogP contribution in [-0.2, 0) is 19.1 Å². The van der Waals surface area contributed by atoms with Crippen molar-refractivity contribution in [2.24, 2.45) is 16.6 Å². The number of amidine groups is 1. The SMILES string of the molecule is C/C=C(/NCCCN(CCCCCCCC(=O)OC(CC)CCCCCCCC)CCCCCCCC(=O)OC(CCCCCCCC)CCCCCCCC)C(N)=NC.CC(C)C. The molecule has 380 valence electrons. The lowest BCUT2D eigenvalue weighted by Gasteiger charge is -2.23. The third-order valence-corrected chi connectivity index (χ3v) is 12.2. The molecule has 0 spiro atoms. The molecule has 0 amide bonds. The second-order valence-electron chi connectivity index (χ2n) is 19.5. The molecule has 64 heavy (non-hydrogen) atoms. The van der Waals surface area contributed by atoms with Crippen LogP contribution in [0.3, 0.4) is 0 Å². The molecule has 0 bridgehead atoms. The Labute approximate surface area is 399 Å². The first-order valence-electron chi connectivity index (χ1n) is 27.8. The summed E-state index contributed by atoms with van der Waals surface area (Å²) in [5, 5.41) is 3.46. The molecule has 0 aromatic heterocycles. The van der Waals surface area contributed by atoms with Gasteiger partial charge in [0.25, 0.3) is 0 Å². The van der Waals surface area contributed by atoms with Crippen LogP contribution in [0.15, 0.2) is 16.8 Å². The Morgan fingerprint density at radius 3 is 1.27 bits per heavy atom. The summed E-state index contributed by atoms with van der Waals surface area (Å²) in [5.41, 5.74) is 6.95. The number of allylic oxidation sites excluding steroid dienone is 1. The molecule has 0 saturated carbocycles. The highest BCUT2D eigenvalue weighted by Crippen LogP contribution is 2.19. The van der Waals surface area contributed by atoms with Crippen LogP contribution in [0.5, 0.6) is 0 Å². The molecule has 1 unspecified atom stereocenters. The summed E-state index contributed by atoms with van der Waals surface area (Å²) in [5.74, 6) is 1.40. The fourth-order valence-electron chi connectivity index (χ4n) is 8.15. The molecule has 0 aliphatic carbocycles. The highest BCUT2D eigenvalue weighted by Gasteiger charge is 2.15. The lowest BCUT2D eigenvalue weighted by atomic mass is 10.0. The molecule has 8 nitrogen and oxygen atoms in total. The van der Waals surface area contributed by atoms with Crippen LogP contribution in [0.4, 0.5) is 0 Å². The number of carbonyl (C=O) groups excluding carboxylic acids is 2. The fraction of sp³-hybridized carbons (Fsp3) is 0.911. The first-order valence-corrected chi connectivity index (χ1v) is 27.8. The van der Waals surface area contributed by atoms with Crippen molar-refractivity contribution >= 4 is 17.8 Å². The van der Waals surface area contributed by atoms with Gasteiger partial charge in [-0.2, -0.15) is 0 Å². The second kappa shape index (κ2) is 50.3. The van der Waals surface area contributed by atoms with Gasteiger partial charge < -0.3 is 25.4 Å². The first kappa shape index (κ1) is 64.0. The average Bonchev–Trinajstić information content (AvgIpc) is 3.27. The van der Waals surface area contributed by atoms with Gasteiger partial charge in [-0.3, -0.25) is 14.6 Å². The molecule has 0 aromatic carbocycles. The molecule has 0 fully saturated rings. The van der Waals surface area contributed by atoms with Gasteiger partial charge in [0, 0.05) is 26.4 Å². The largest absolute Gasteiger partial charge is 0.462 e. The second-order valence-corrected chi connectivity index (χ2v) is 19.5. The van der Waals surface area contributed by atoms with E-state index in [0.29, 0.717) is 18.7 Å². The molecule has 0 heterocycles. The van der Waals surface area contributed by atoms with Crippen LogP contribution in [0.1, 0.15) is 280 Å². The molecule has 0 aliphatic rings. The lowest BCUT2D eigenvalue weighted by Crippen LogP contribution is -2.31. The van der Waals surface area contributed by atoms with Gasteiger partial charge in [-0.1, -0.05) is 189 Å². The van der Waals surface area contributed by atoms with Crippen molar-refractivity contribution in [1.29, 1.82) is 0 Å². The van der Waals surface area contributed by atoms with Crippen LogP contribution >= 0.6 is 0 Å². The number of aliphatic imine (C=N–C) groups is 1. The number of rotatable bonds is 46. The molecule has 0 radical (unpaired) electrons. The summed E-state index contributed by atoms with van der Waals surface area (Å²) in [4.78, 5) is 32.1. The van der Waals surface area contributed by atoms with Gasteiger partial charge in [-0.05, 0) is 110 Å². The molecule has 0 rings (SSSR count). The molecule has 0 aliphatic heterocycles. The standard InChI is InChI=1S/C52H102N4O4.C4H10/c1-7-12-15-18-23-30-38-47(10-4)59-50(57)41-33-26-21-28-35-44-56(46-37-43-55-49(11-5)52(53)54-6)45-36-29-22-27-34-42-51(58)60-48(39-31-24-19-16-13-8-2)40-32-25-20-17-14-9-3;1-4(2)3/h11,47-48,55H,7-10,12-46H2,1-6H3,(H2,53,54);4H,1-3H3/b49-11+;. The van der Waals surface area contributed by atoms with Gasteiger partial charge in [0.05, 0.1) is 5.70 Å². The minimum atomic E-state index is -0.00756. The molecule has 3 N–H and O–H groups in total. The summed E-state index contributed by atoms with van der Waals surface area (Å²) in [6.45, 7) is 21.6. The Morgan fingerprint density at radius 2 is 0.875 bits per heavy atom. The maximum atomic E-state index is 12.9. The van der Waals surface area contributed by atoms with Gasteiger partial charge in [0.1, 0.15) is 18.0 Å². The van der Waals surface area contributed by atoms with Crippen LogP contribution in [0.25, 0.3) is 0 Å². The molecule has 0 aromatic rings. The average molecular weight is 906 g/mol. The Kier molecular flexibility index (Phi) is 50.3. The van der Waals surface area contributed by atoms with E-state index in [0.717, 1.165) is 95.6 Å². The van der Waals surface area contributed by atoms with E-state index in [-0.39, 0.29) is 24.1 Å². The Balaban J connectivity index is 0. The topological polar surface area (TPSA) is 106 Å². The zero-order valence-corrected chi connectivity index (χ0v) is 44.5. The summed E-state index contributed by atoms with van der Waals surface area (Å²) >= 11 is 0. The third kappa shape index (κ3) is 46.4. The van der Waals surface area contributed by atoms with E-state index in [2.05, 4.69) is 63.7 Å². The predicted molar refractivity (Wildman–Crippen MR) is 280 cm³/mol. The van der Waals surface area contributed by atoms with Crippen molar-refractivity contribution in [2.75, 3.05) is 33.2 Å². The normalized spacial score (nSPS) is 12.5. The van der Waals surface area contributed by atoms with Gasteiger partial charge in [0.15, 0.2) is 0 Å². The van der Waals surface area contributed by atoms with Gasteiger partial charge in [-0.25, -0.2) is 0 Å². The van der Waals surface area contributed by atoms with E-state index in [1.807, 2.05) is 13.0 Å². The van der Waals surface area contributed by atoms with Crippen LogP contribution < -0.4 is 11.1 Å². The van der Waals surface area contributed by atoms with Crippen molar-refractivity contribution in [3.05, 3.63) is 11.8 Å². The monoisotopic (exact) mass is 905 g/mol. The van der Waals surface area contributed by atoms with Gasteiger partial charge in [0.2, 0.25) is 0 Å². The van der Waals surface area contributed by atoms with Gasteiger partial charge in [-0.15, -0.1) is 0 Å². The number of ether oxygens (including phenoxy) is 2. The Morgan fingerprint density at radius 1 is 0.531 bits per heavy atom. The Bertz CT molecular complexity index is 1040. The summed E-state index contributed by atoms with van der Waals surface area (Å²) in [7, 11) is 1.73. The highest BCUT2D eigenvalue weighted by atomic mass is 16.5. The number of hydrogen-bond acceptors (Lipinski definition) is 7. The zero-order valence-electron chi connectivity index (χ0n) is 44.5. The van der Waals surface area contributed by atoms with E-state index in [1.165, 1.54) is 154 Å². The number of nitrogens with two attached hydrogens (primary N) is 1. The number of hydrogen-bond donors (Lipinski definition) is 2. The van der Waals surface area contributed by atoms with Gasteiger partial charge >= 0.3 is 11.9 Å². The zero-order chi connectivity index (χ0) is 47.7. The van der Waals surface area contributed by atoms with E-state index < -0.39 is 0 Å². The van der Waals surface area contributed by atoms with E-state index in [1.54, 1.807) is 7.05 Å². The molecular formula is C56H112N4O4. The van der Waals surface area contributed by atoms with Crippen LogP contribution in [0, 0.1) is 5.92 Å². The van der Waals surface area contributed by atoms with Crippen molar-refractivity contribution in [2.45, 2.75) is 292 Å². The maximum absolute atomic E-state index is 12.9. The summed E-state index contributed by atoms with van der Waals surface area (Å²) < 4.78 is 11.9. The Hall–Kier alpha value is -2.09. The maximum Gasteiger partial charge on any atom is 0.306 e. The molecule has 1 atom stereocenters. The van der Waals surface area contributed by atoms with Crippen LogP contribution in [-0.4, -0.2) is 68.1 Å². The summed E-state index contributed by atoms with van der Waals surface area (Å²) in [6.07, 6.45) is 42.5. The lowest BCUT2D eigenvalue weighted by molar-refractivity contribution is -0.150. The van der Waals surface area contributed by atoms with Crippen molar-refractivity contribution in [1.82, 2.24) is 10.2 Å². The highest BCUT2D eigenvalue weighted by molar-refractivity contribution is 5.96. The quantitative estimate of drug-likeness (QED) is 0.0271. The van der Waals surface area contributed by atoms with Crippen molar-refractivity contribution < 1.29 is 19.1 Å². The van der Waals surface area contributed by atoms with E-state index >= 15 is 0 Å². The molecular weight excluding hydrogens is 793 g/mol. The number of unbranched alkanes of at least 4 members (excludes halogenated alkanes) is 23. The number of esters is 2. The smallest absolute Gasteiger partial charge is 0.306 e. The first-order chi connectivity index (χ1) is 31.1. The summed E-state index contributed by atoms with van der Waals surface area (Å²) in [6, 6.07) is 0. The third-order valence-electron chi connectivity index (χ3n) is 12.2. The van der Waals surface area contributed by atoms with E-state index in [4.69, 9.17) is 15.2 Å². The van der Waals surface area contributed by atoms with E-state index in [9.17, 15) is 9.59 Å². The fourth-order valence-corrected chi connectivity index (χ4v) is 8.15. The predicted octanol–water partition coefficient (Wildman–Crippen LogP) is 16.0. The minimum Gasteiger partial charge on any atom is -0.462 e.